The van der Waals surface area contributed by atoms with E-state index in [1.54, 1.807) is 0 Å². The minimum Gasteiger partial charge on any atom is -0.493 e. The molecule has 6 rings (SSSR count). The van der Waals surface area contributed by atoms with Gasteiger partial charge in [-0.25, -0.2) is 4.79 Å². The van der Waals surface area contributed by atoms with Crippen molar-refractivity contribution in [2.24, 2.45) is 5.92 Å². The Morgan fingerprint density at radius 1 is 1.18 bits per heavy atom. The molecule has 1 amide bonds. The van der Waals surface area contributed by atoms with Gasteiger partial charge >= 0.3 is 6.09 Å². The second-order valence-electron chi connectivity index (χ2n) is 11.1. The van der Waals surface area contributed by atoms with Gasteiger partial charge in [-0.15, -0.1) is 0 Å². The largest absolute Gasteiger partial charge is 0.493 e. The maximum atomic E-state index is 13.3. The molecule has 8 heteroatoms. The summed E-state index contributed by atoms with van der Waals surface area (Å²) in [6.45, 7) is 6.06. The van der Waals surface area contributed by atoms with E-state index in [-0.39, 0.29) is 18.2 Å². The van der Waals surface area contributed by atoms with E-state index in [0.29, 0.717) is 37.3 Å². The number of halogens is 1. The molecule has 1 aliphatic carbocycles. The minimum absolute atomic E-state index is 0.0416. The second kappa shape index (κ2) is 10.4. The van der Waals surface area contributed by atoms with E-state index in [2.05, 4.69) is 4.98 Å². The van der Waals surface area contributed by atoms with Crippen molar-refractivity contribution in [3.8, 4) is 5.75 Å². The summed E-state index contributed by atoms with van der Waals surface area (Å²) in [5, 5.41) is 1.82. The number of carbonyl (C=O) groups is 1. The fourth-order valence-corrected chi connectivity index (χ4v) is 5.87. The first kappa shape index (κ1) is 25.5. The maximum Gasteiger partial charge on any atom is 0.410 e. The zero-order chi connectivity index (χ0) is 26.3. The molecule has 1 saturated heterocycles. The van der Waals surface area contributed by atoms with Gasteiger partial charge in [-0.2, -0.15) is 0 Å². The Bertz CT molecular complexity index is 1300. The standard InChI is InChI=1S/C30H35ClN2O5/c1-30(2)37-18-23(38-30)13-15-35-22-9-6-20(7-10-22)28-27-24(25-16-21(31)8-11-26(25)32-27)12-14-33(28)29(34)36-17-19-4-3-5-19/h6-11,16,19,23,28,32H,3-5,12-15,17-18H2,1-2H3. The number of carbonyl (C=O) groups excluding carboxylic acids is 1. The van der Waals surface area contributed by atoms with E-state index in [0.717, 1.165) is 53.6 Å². The summed E-state index contributed by atoms with van der Waals surface area (Å²) in [5.74, 6) is 0.756. The van der Waals surface area contributed by atoms with Gasteiger partial charge in [0.05, 0.1) is 25.9 Å². The Labute approximate surface area is 228 Å². The lowest BCUT2D eigenvalue weighted by molar-refractivity contribution is -0.139. The molecule has 2 fully saturated rings. The molecule has 38 heavy (non-hydrogen) atoms. The van der Waals surface area contributed by atoms with Crippen molar-refractivity contribution in [3.63, 3.8) is 0 Å². The molecule has 0 spiro atoms. The highest BCUT2D eigenvalue weighted by Gasteiger charge is 2.36. The number of fused-ring (bicyclic) bond motifs is 3. The van der Waals surface area contributed by atoms with Crippen molar-refractivity contribution >= 4 is 28.6 Å². The summed E-state index contributed by atoms with van der Waals surface area (Å²) in [6, 6.07) is 13.6. The highest BCUT2D eigenvalue weighted by molar-refractivity contribution is 6.31. The number of hydrogen-bond donors (Lipinski definition) is 1. The molecule has 1 saturated carbocycles. The normalized spacial score (nSPS) is 22.8. The smallest absolute Gasteiger partial charge is 0.410 e. The van der Waals surface area contributed by atoms with Gasteiger partial charge in [-0.3, -0.25) is 4.90 Å². The quantitative estimate of drug-likeness (QED) is 0.365. The summed E-state index contributed by atoms with van der Waals surface area (Å²) < 4.78 is 23.3. The lowest BCUT2D eigenvalue weighted by Gasteiger charge is -2.36. The fraction of sp³-hybridized carbons (Fsp3) is 0.500. The third-order valence-electron chi connectivity index (χ3n) is 7.96. The topological polar surface area (TPSA) is 73.0 Å². The predicted molar refractivity (Wildman–Crippen MR) is 146 cm³/mol. The van der Waals surface area contributed by atoms with Gasteiger partial charge in [0.1, 0.15) is 11.8 Å². The van der Waals surface area contributed by atoms with Crippen molar-refractivity contribution in [3.05, 3.63) is 64.3 Å². The lowest BCUT2D eigenvalue weighted by atomic mass is 9.86. The minimum atomic E-state index is -0.524. The molecule has 0 bridgehead atoms. The molecule has 1 aromatic heterocycles. The molecule has 202 valence electrons. The van der Waals surface area contributed by atoms with Crippen LogP contribution < -0.4 is 4.74 Å². The number of nitrogens with one attached hydrogen (secondary N) is 1. The predicted octanol–water partition coefficient (Wildman–Crippen LogP) is 6.63. The van der Waals surface area contributed by atoms with Crippen LogP contribution in [0.5, 0.6) is 5.75 Å². The maximum absolute atomic E-state index is 13.3. The van der Waals surface area contributed by atoms with Gasteiger partial charge in [0, 0.05) is 34.6 Å². The van der Waals surface area contributed by atoms with Crippen LogP contribution in [0.1, 0.15) is 62.4 Å². The van der Waals surface area contributed by atoms with Crippen LogP contribution in [-0.4, -0.2) is 54.2 Å². The molecule has 2 atom stereocenters. The molecule has 0 radical (unpaired) electrons. The Morgan fingerprint density at radius 2 is 2.00 bits per heavy atom. The first-order valence-electron chi connectivity index (χ1n) is 13.6. The van der Waals surface area contributed by atoms with E-state index >= 15 is 0 Å². The van der Waals surface area contributed by atoms with Gasteiger partial charge < -0.3 is 23.9 Å². The number of benzene rings is 2. The monoisotopic (exact) mass is 538 g/mol. The van der Waals surface area contributed by atoms with Gasteiger partial charge in [-0.05, 0) is 80.5 Å². The summed E-state index contributed by atoms with van der Waals surface area (Å²) >= 11 is 6.33. The number of nitrogens with zero attached hydrogens (tertiary/aromatic N) is 1. The van der Waals surface area contributed by atoms with E-state index < -0.39 is 5.79 Å². The molecule has 1 N–H and O–H groups in total. The SMILES string of the molecule is CC1(C)OCC(CCOc2ccc(C3c4[nH]c5ccc(Cl)cc5c4CCN3C(=O)OCC3CCC3)cc2)O1. The van der Waals surface area contributed by atoms with Crippen molar-refractivity contribution < 1.29 is 23.7 Å². The summed E-state index contributed by atoms with van der Waals surface area (Å²) in [6.07, 6.45) is 4.80. The van der Waals surface area contributed by atoms with Crippen LogP contribution in [0.15, 0.2) is 42.5 Å². The molecule has 3 aliphatic rings. The van der Waals surface area contributed by atoms with Crippen LogP contribution in [0, 0.1) is 5.92 Å². The van der Waals surface area contributed by atoms with Gasteiger partial charge in [0.15, 0.2) is 5.79 Å². The summed E-state index contributed by atoms with van der Waals surface area (Å²) in [4.78, 5) is 18.7. The van der Waals surface area contributed by atoms with E-state index in [1.165, 1.54) is 12.0 Å². The Kier molecular flexibility index (Phi) is 7.01. The fourth-order valence-electron chi connectivity index (χ4n) is 5.70. The molecule has 3 heterocycles. The number of aromatic nitrogens is 1. The van der Waals surface area contributed by atoms with Crippen molar-refractivity contribution in [2.75, 3.05) is 26.4 Å². The van der Waals surface area contributed by atoms with Crippen LogP contribution in [0.25, 0.3) is 10.9 Å². The number of hydrogen-bond acceptors (Lipinski definition) is 5. The summed E-state index contributed by atoms with van der Waals surface area (Å²) in [7, 11) is 0. The lowest BCUT2D eigenvalue weighted by Crippen LogP contribution is -2.41. The highest BCUT2D eigenvalue weighted by atomic mass is 35.5. The molecular weight excluding hydrogens is 504 g/mol. The Balaban J connectivity index is 1.21. The van der Waals surface area contributed by atoms with Crippen molar-refractivity contribution in [2.45, 2.75) is 63.9 Å². The zero-order valence-electron chi connectivity index (χ0n) is 22.0. The molecule has 2 unspecified atom stereocenters. The third kappa shape index (κ3) is 5.24. The number of aromatic amines is 1. The molecule has 2 aliphatic heterocycles. The second-order valence-corrected chi connectivity index (χ2v) is 11.5. The van der Waals surface area contributed by atoms with Gasteiger partial charge in [0.25, 0.3) is 0 Å². The van der Waals surface area contributed by atoms with Crippen LogP contribution in [-0.2, 0) is 20.6 Å². The average molecular weight is 539 g/mol. The average Bonchev–Trinajstić information content (AvgIpc) is 3.41. The zero-order valence-corrected chi connectivity index (χ0v) is 22.8. The van der Waals surface area contributed by atoms with E-state index in [1.807, 2.05) is 61.2 Å². The first-order chi connectivity index (χ1) is 18.4. The van der Waals surface area contributed by atoms with Crippen LogP contribution >= 0.6 is 11.6 Å². The van der Waals surface area contributed by atoms with Gasteiger partial charge in [0.2, 0.25) is 0 Å². The van der Waals surface area contributed by atoms with Crippen LogP contribution in [0.3, 0.4) is 0 Å². The Hall–Kier alpha value is -2.74. The van der Waals surface area contributed by atoms with Crippen molar-refractivity contribution in [1.29, 1.82) is 0 Å². The third-order valence-corrected chi connectivity index (χ3v) is 8.20. The molecule has 7 nitrogen and oxygen atoms in total. The molecular formula is C30H35ClN2O5. The summed E-state index contributed by atoms with van der Waals surface area (Å²) in [5.41, 5.74) is 4.25. The Morgan fingerprint density at radius 3 is 2.71 bits per heavy atom. The molecule has 3 aromatic rings. The number of rotatable bonds is 7. The van der Waals surface area contributed by atoms with Crippen LogP contribution in [0.2, 0.25) is 5.02 Å². The van der Waals surface area contributed by atoms with E-state index in [9.17, 15) is 4.79 Å². The molecule has 2 aromatic carbocycles. The van der Waals surface area contributed by atoms with E-state index in [4.69, 9.17) is 30.5 Å². The number of ether oxygens (including phenoxy) is 4. The van der Waals surface area contributed by atoms with Crippen LogP contribution in [0.4, 0.5) is 4.79 Å². The number of amides is 1. The van der Waals surface area contributed by atoms with Crippen molar-refractivity contribution in [1.82, 2.24) is 9.88 Å². The highest BCUT2D eigenvalue weighted by Crippen LogP contribution is 2.40. The van der Waals surface area contributed by atoms with Gasteiger partial charge in [-0.1, -0.05) is 30.2 Å². The first-order valence-corrected chi connectivity index (χ1v) is 14.0. The number of H-pyrrole nitrogens is 1.